The minimum atomic E-state index is -0.252. The summed E-state index contributed by atoms with van der Waals surface area (Å²) in [6.07, 6.45) is 0.925. The second-order valence-corrected chi connectivity index (χ2v) is 11.0. The zero-order chi connectivity index (χ0) is 25.5. The van der Waals surface area contributed by atoms with Crippen molar-refractivity contribution in [2.24, 2.45) is 0 Å². The first-order valence-electron chi connectivity index (χ1n) is 12.6. The van der Waals surface area contributed by atoms with Crippen LogP contribution in [0.1, 0.15) is 32.0 Å². The number of hydrogen-bond acceptors (Lipinski definition) is 4. The summed E-state index contributed by atoms with van der Waals surface area (Å²) in [5.41, 5.74) is 3.69. The molecule has 3 aromatic carbocycles. The van der Waals surface area contributed by atoms with Gasteiger partial charge in [0.25, 0.3) is 11.8 Å². The number of likely N-dealkylation sites (tertiary alicyclic amines) is 2. The quantitative estimate of drug-likeness (QED) is 0.392. The third kappa shape index (κ3) is 4.65. The minimum Gasteiger partial charge on any atom is -0.337 e. The van der Waals surface area contributed by atoms with Gasteiger partial charge in [0, 0.05) is 48.5 Å². The molecule has 3 heterocycles. The van der Waals surface area contributed by atoms with Crippen molar-refractivity contribution in [3.8, 4) is 11.1 Å². The molecule has 6 rings (SSSR count). The van der Waals surface area contributed by atoms with Gasteiger partial charge in [0.1, 0.15) is 5.82 Å². The fourth-order valence-electron chi connectivity index (χ4n) is 5.32. The van der Waals surface area contributed by atoms with Crippen LogP contribution in [0.2, 0.25) is 0 Å². The first kappa shape index (κ1) is 23.8. The number of carbonyl (C=O) groups excluding carboxylic acids is 2. The topological polar surface area (TPSA) is 52.7 Å². The number of hydrogen-bond donors (Lipinski definition) is 1. The second-order valence-electron chi connectivity index (χ2n) is 9.95. The van der Waals surface area contributed by atoms with Crippen LogP contribution in [0.25, 0.3) is 21.2 Å². The Bertz CT molecular complexity index is 1460. The Labute approximate surface area is 219 Å². The third-order valence-electron chi connectivity index (χ3n) is 7.44. The Hall–Kier alpha value is -3.55. The van der Waals surface area contributed by atoms with E-state index in [1.54, 1.807) is 12.1 Å². The number of nitrogens with zero attached hydrogens (tertiary/aromatic N) is 2. The van der Waals surface area contributed by atoms with Crippen LogP contribution in [0.4, 0.5) is 4.39 Å². The summed E-state index contributed by atoms with van der Waals surface area (Å²) in [5.74, 6) is -0.0942. The molecule has 1 aromatic heterocycles. The van der Waals surface area contributed by atoms with Crippen molar-refractivity contribution in [1.82, 2.24) is 15.1 Å². The molecule has 7 heteroatoms. The number of thiophene rings is 1. The Kier molecular flexibility index (Phi) is 6.26. The van der Waals surface area contributed by atoms with Crippen LogP contribution in [-0.2, 0) is 0 Å². The van der Waals surface area contributed by atoms with E-state index in [4.69, 9.17) is 0 Å². The van der Waals surface area contributed by atoms with Crippen molar-refractivity contribution in [2.75, 3.05) is 26.2 Å². The number of rotatable bonds is 5. The van der Waals surface area contributed by atoms with E-state index in [9.17, 15) is 14.0 Å². The van der Waals surface area contributed by atoms with Gasteiger partial charge in [0.2, 0.25) is 0 Å². The molecule has 188 valence electrons. The predicted octanol–water partition coefficient (Wildman–Crippen LogP) is 5.34. The fraction of sp³-hybridized carbons (Fsp3) is 0.267. The first-order chi connectivity index (χ1) is 18.0. The lowest BCUT2D eigenvalue weighted by Gasteiger charge is -2.41. The van der Waals surface area contributed by atoms with Crippen molar-refractivity contribution in [3.05, 3.63) is 94.6 Å². The lowest BCUT2D eigenvalue weighted by Crippen LogP contribution is -2.62. The summed E-state index contributed by atoms with van der Waals surface area (Å²) in [5, 5.41) is 4.72. The van der Waals surface area contributed by atoms with E-state index >= 15 is 0 Å². The molecule has 2 aliphatic heterocycles. The molecule has 2 amide bonds. The summed E-state index contributed by atoms with van der Waals surface area (Å²) in [6, 6.07) is 22.6. The molecule has 4 aromatic rings. The molecule has 2 aliphatic rings. The average molecular weight is 514 g/mol. The van der Waals surface area contributed by atoms with Gasteiger partial charge < -0.3 is 15.1 Å². The molecule has 0 radical (unpaired) electrons. The van der Waals surface area contributed by atoms with E-state index in [2.05, 4.69) is 11.4 Å². The number of benzene rings is 3. The maximum atomic E-state index is 13.3. The minimum absolute atomic E-state index is 0.0763. The summed E-state index contributed by atoms with van der Waals surface area (Å²) in [4.78, 5) is 30.6. The highest BCUT2D eigenvalue weighted by molar-refractivity contribution is 7.21. The van der Waals surface area contributed by atoms with Crippen LogP contribution in [0.5, 0.6) is 0 Å². The second kappa shape index (κ2) is 9.72. The number of fused-ring (bicyclic) bond motifs is 1. The predicted molar refractivity (Wildman–Crippen MR) is 146 cm³/mol. The zero-order valence-corrected chi connectivity index (χ0v) is 21.4. The largest absolute Gasteiger partial charge is 0.337 e. The molecule has 1 atom stereocenters. The highest BCUT2D eigenvalue weighted by Crippen LogP contribution is 2.35. The van der Waals surface area contributed by atoms with E-state index in [1.165, 1.54) is 23.5 Å². The SMILES string of the molecule is Cc1c(C(=O)N2CC(NC3CCN(C(=O)c4ccccc4)C3)C2)sc2ccc(-c3ccc(F)cc3)cc12. The number of carbonyl (C=O) groups is 2. The van der Waals surface area contributed by atoms with Crippen LogP contribution in [0.3, 0.4) is 0 Å². The normalized spacial score (nSPS) is 17.8. The molecule has 0 saturated carbocycles. The van der Waals surface area contributed by atoms with Crippen molar-refractivity contribution in [1.29, 1.82) is 0 Å². The molecule has 2 saturated heterocycles. The van der Waals surface area contributed by atoms with Gasteiger partial charge in [-0.3, -0.25) is 9.59 Å². The van der Waals surface area contributed by atoms with Gasteiger partial charge in [0.15, 0.2) is 0 Å². The van der Waals surface area contributed by atoms with Crippen LogP contribution in [0, 0.1) is 12.7 Å². The molecule has 0 spiro atoms. The molecule has 0 bridgehead atoms. The molecule has 1 unspecified atom stereocenters. The van der Waals surface area contributed by atoms with Gasteiger partial charge in [-0.2, -0.15) is 0 Å². The maximum absolute atomic E-state index is 13.3. The Morgan fingerprint density at radius 3 is 2.32 bits per heavy atom. The average Bonchev–Trinajstić information content (AvgIpc) is 3.50. The van der Waals surface area contributed by atoms with Crippen LogP contribution < -0.4 is 5.32 Å². The summed E-state index contributed by atoms with van der Waals surface area (Å²) in [6.45, 7) is 4.81. The molecular weight excluding hydrogens is 485 g/mol. The smallest absolute Gasteiger partial charge is 0.264 e. The highest BCUT2D eigenvalue weighted by atomic mass is 32.1. The standard InChI is InChI=1S/C30H28FN3O2S/c1-19-26-15-22(20-7-10-23(31)11-8-20)9-12-27(26)37-28(19)30(36)34-17-25(18-34)32-24-13-14-33(16-24)29(35)21-5-3-2-4-6-21/h2-12,15,24-25,32H,13-14,16-18H2,1H3. The molecule has 1 N–H and O–H groups in total. The van der Waals surface area contributed by atoms with E-state index in [0.717, 1.165) is 50.2 Å². The van der Waals surface area contributed by atoms with Crippen molar-refractivity contribution < 1.29 is 14.0 Å². The van der Waals surface area contributed by atoms with Gasteiger partial charge in [-0.15, -0.1) is 11.3 Å². The van der Waals surface area contributed by atoms with Gasteiger partial charge in [-0.05, 0) is 71.8 Å². The monoisotopic (exact) mass is 513 g/mol. The lowest BCUT2D eigenvalue weighted by molar-refractivity contribution is 0.0557. The molecule has 2 fully saturated rings. The van der Waals surface area contributed by atoms with E-state index in [0.29, 0.717) is 19.6 Å². The fourth-order valence-corrected chi connectivity index (χ4v) is 6.48. The maximum Gasteiger partial charge on any atom is 0.264 e. The molecule has 0 aliphatic carbocycles. The molecule has 5 nitrogen and oxygen atoms in total. The third-order valence-corrected chi connectivity index (χ3v) is 8.71. The van der Waals surface area contributed by atoms with Gasteiger partial charge in [-0.25, -0.2) is 4.39 Å². The van der Waals surface area contributed by atoms with Gasteiger partial charge in [0.05, 0.1) is 4.88 Å². The van der Waals surface area contributed by atoms with Crippen LogP contribution in [-0.4, -0.2) is 59.9 Å². The lowest BCUT2D eigenvalue weighted by atomic mass is 10.0. The Balaban J connectivity index is 1.07. The van der Waals surface area contributed by atoms with Crippen molar-refractivity contribution in [2.45, 2.75) is 25.4 Å². The highest BCUT2D eigenvalue weighted by Gasteiger charge is 2.36. The van der Waals surface area contributed by atoms with E-state index < -0.39 is 0 Å². The number of amides is 2. The zero-order valence-electron chi connectivity index (χ0n) is 20.6. The Morgan fingerprint density at radius 1 is 0.865 bits per heavy atom. The van der Waals surface area contributed by atoms with Gasteiger partial charge in [-0.1, -0.05) is 36.4 Å². The summed E-state index contributed by atoms with van der Waals surface area (Å²) >= 11 is 1.54. The molecule has 37 heavy (non-hydrogen) atoms. The van der Waals surface area contributed by atoms with Gasteiger partial charge >= 0.3 is 0 Å². The van der Waals surface area contributed by atoms with Crippen molar-refractivity contribution in [3.63, 3.8) is 0 Å². The number of nitrogens with one attached hydrogen (secondary N) is 1. The van der Waals surface area contributed by atoms with Crippen molar-refractivity contribution >= 4 is 33.2 Å². The summed E-state index contributed by atoms with van der Waals surface area (Å²) in [7, 11) is 0. The number of aryl methyl sites for hydroxylation is 1. The first-order valence-corrected chi connectivity index (χ1v) is 13.5. The van der Waals surface area contributed by atoms with Crippen LogP contribution >= 0.6 is 11.3 Å². The number of halogens is 1. The van der Waals surface area contributed by atoms with E-state index in [1.807, 2.05) is 59.2 Å². The Morgan fingerprint density at radius 2 is 1.57 bits per heavy atom. The molecular formula is C30H28FN3O2S. The van der Waals surface area contributed by atoms with E-state index in [-0.39, 0.29) is 29.7 Å². The van der Waals surface area contributed by atoms with Crippen LogP contribution in [0.15, 0.2) is 72.8 Å². The summed E-state index contributed by atoms with van der Waals surface area (Å²) < 4.78 is 14.4.